The van der Waals surface area contributed by atoms with Gasteiger partial charge in [0.25, 0.3) is 0 Å². The summed E-state index contributed by atoms with van der Waals surface area (Å²) in [6.45, 7) is 1.68. The zero-order chi connectivity index (χ0) is 16.0. The number of hydrogen-bond donors (Lipinski definition) is 4. The third-order valence-corrected chi connectivity index (χ3v) is 2.76. The second-order valence-corrected chi connectivity index (χ2v) is 4.54. The maximum absolute atomic E-state index is 11.8. The number of carbonyl (C=O) groups excluding carboxylic acids is 2. The number of nitrogens with two attached hydrogens (primary N) is 1. The van der Waals surface area contributed by atoms with Gasteiger partial charge >= 0.3 is 12.0 Å². The van der Waals surface area contributed by atoms with Crippen LogP contribution in [0.4, 0.5) is 4.79 Å². The highest BCUT2D eigenvalue weighted by Gasteiger charge is 2.22. The highest BCUT2D eigenvalue weighted by atomic mass is 16.4. The minimum absolute atomic E-state index is 0.0730. The lowest BCUT2D eigenvalue weighted by Gasteiger charge is -2.17. The number of aromatic nitrogens is 3. The van der Waals surface area contributed by atoms with Gasteiger partial charge in [-0.05, 0) is 13.3 Å². The molecule has 0 aliphatic carbocycles. The molecule has 0 bridgehead atoms. The van der Waals surface area contributed by atoms with Crippen LogP contribution in [0.5, 0.6) is 0 Å². The number of nitrogens with zero attached hydrogens (tertiary/aromatic N) is 3. The Kier molecular flexibility index (Phi) is 5.64. The van der Waals surface area contributed by atoms with E-state index in [2.05, 4.69) is 20.8 Å². The van der Waals surface area contributed by atoms with E-state index in [1.165, 1.54) is 6.33 Å². The van der Waals surface area contributed by atoms with Gasteiger partial charge in [-0.2, -0.15) is 0 Å². The summed E-state index contributed by atoms with van der Waals surface area (Å²) in [6.07, 6.45) is 1.28. The topological polar surface area (TPSA) is 152 Å². The number of carboxylic acid groups (broad SMARTS) is 1. The van der Waals surface area contributed by atoms with Crippen LogP contribution in [0.25, 0.3) is 0 Å². The molecule has 0 aliphatic rings. The third kappa shape index (κ3) is 5.09. The number of carbonyl (C=O) groups is 3. The maximum Gasteiger partial charge on any atom is 0.326 e. The van der Waals surface area contributed by atoms with E-state index in [4.69, 9.17) is 10.8 Å². The molecule has 0 saturated heterocycles. The number of carboxylic acids is 1. The number of urea groups is 1. The SMILES string of the molecule is CC(NC(=O)N[C@H](CCC(N)=O)C(=O)O)c1nncn1C. The highest BCUT2D eigenvalue weighted by Crippen LogP contribution is 2.07. The van der Waals surface area contributed by atoms with E-state index in [-0.39, 0.29) is 12.8 Å². The average Bonchev–Trinajstić information content (AvgIpc) is 2.80. The summed E-state index contributed by atoms with van der Waals surface area (Å²) in [5, 5.41) is 21.3. The van der Waals surface area contributed by atoms with Gasteiger partial charge in [0.05, 0.1) is 6.04 Å². The first-order chi connectivity index (χ1) is 9.81. The molecule has 0 radical (unpaired) electrons. The molecule has 10 heteroatoms. The van der Waals surface area contributed by atoms with Gasteiger partial charge in [0.2, 0.25) is 5.91 Å². The third-order valence-electron chi connectivity index (χ3n) is 2.76. The fourth-order valence-corrected chi connectivity index (χ4v) is 1.69. The molecule has 21 heavy (non-hydrogen) atoms. The normalized spacial score (nSPS) is 13.2. The maximum atomic E-state index is 11.8. The molecule has 0 aliphatic heterocycles. The fraction of sp³-hybridized carbons (Fsp3) is 0.545. The molecule has 5 N–H and O–H groups in total. The molecule has 1 unspecified atom stereocenters. The lowest BCUT2D eigenvalue weighted by atomic mass is 10.1. The minimum Gasteiger partial charge on any atom is -0.480 e. The molecule has 0 spiro atoms. The summed E-state index contributed by atoms with van der Waals surface area (Å²) < 4.78 is 1.63. The number of rotatable bonds is 7. The molecule has 1 aromatic heterocycles. The first-order valence-electron chi connectivity index (χ1n) is 6.23. The van der Waals surface area contributed by atoms with Gasteiger partial charge in [0.1, 0.15) is 12.4 Å². The van der Waals surface area contributed by atoms with Crippen molar-refractivity contribution in [1.82, 2.24) is 25.4 Å². The van der Waals surface area contributed by atoms with Gasteiger partial charge in [-0.15, -0.1) is 10.2 Å². The van der Waals surface area contributed by atoms with Crippen LogP contribution < -0.4 is 16.4 Å². The van der Waals surface area contributed by atoms with E-state index in [0.717, 1.165) is 0 Å². The van der Waals surface area contributed by atoms with Gasteiger partial charge in [0, 0.05) is 13.5 Å². The first kappa shape index (κ1) is 16.4. The number of nitrogens with one attached hydrogen (secondary N) is 2. The Bertz CT molecular complexity index is 529. The molecule has 0 aromatic carbocycles. The van der Waals surface area contributed by atoms with Crippen LogP contribution >= 0.6 is 0 Å². The number of primary amides is 1. The van der Waals surface area contributed by atoms with E-state index < -0.39 is 30.0 Å². The zero-order valence-electron chi connectivity index (χ0n) is 11.7. The number of amides is 3. The molecule has 116 valence electrons. The van der Waals surface area contributed by atoms with Crippen LogP contribution in [-0.2, 0) is 16.6 Å². The van der Waals surface area contributed by atoms with Crippen LogP contribution in [0.1, 0.15) is 31.6 Å². The number of aliphatic carboxylic acids is 1. The average molecular weight is 298 g/mol. The van der Waals surface area contributed by atoms with Crippen molar-refractivity contribution in [2.24, 2.45) is 12.8 Å². The van der Waals surface area contributed by atoms with Crippen LogP contribution in [0, 0.1) is 0 Å². The van der Waals surface area contributed by atoms with Crippen LogP contribution in [-0.4, -0.2) is 43.8 Å². The smallest absolute Gasteiger partial charge is 0.326 e. The second kappa shape index (κ2) is 7.22. The van der Waals surface area contributed by atoms with Crippen molar-refractivity contribution in [3.05, 3.63) is 12.2 Å². The standard InChI is InChI=1S/C11H18N6O4/c1-6(9-16-13-5-17(9)2)14-11(21)15-7(10(19)20)3-4-8(12)18/h5-7H,3-4H2,1-2H3,(H2,12,18)(H,19,20)(H2,14,15,21)/t6?,7-/m1/s1. The van der Waals surface area contributed by atoms with Crippen molar-refractivity contribution in [2.75, 3.05) is 0 Å². The summed E-state index contributed by atoms with van der Waals surface area (Å²) in [5.41, 5.74) is 4.96. The Hall–Kier alpha value is -2.65. The first-order valence-corrected chi connectivity index (χ1v) is 6.23. The minimum atomic E-state index is -1.24. The quantitative estimate of drug-likeness (QED) is 0.501. The molecule has 1 heterocycles. The molecule has 1 aromatic rings. The molecule has 2 atom stereocenters. The fourth-order valence-electron chi connectivity index (χ4n) is 1.69. The van der Waals surface area contributed by atoms with Gasteiger partial charge in [-0.1, -0.05) is 0 Å². The largest absolute Gasteiger partial charge is 0.480 e. The Morgan fingerprint density at radius 3 is 2.57 bits per heavy atom. The molecule has 1 rings (SSSR count). The van der Waals surface area contributed by atoms with Gasteiger partial charge in [-0.25, -0.2) is 9.59 Å². The summed E-state index contributed by atoms with van der Waals surface area (Å²) in [5.74, 6) is -1.34. The Balaban J connectivity index is 2.56. The van der Waals surface area contributed by atoms with E-state index in [9.17, 15) is 14.4 Å². The monoisotopic (exact) mass is 298 g/mol. The predicted octanol–water partition coefficient (Wildman–Crippen LogP) is -1.11. The highest BCUT2D eigenvalue weighted by molar-refractivity contribution is 5.83. The molecule has 0 saturated carbocycles. The molecule has 10 nitrogen and oxygen atoms in total. The Morgan fingerprint density at radius 2 is 2.10 bits per heavy atom. The lowest BCUT2D eigenvalue weighted by molar-refractivity contribution is -0.139. The van der Waals surface area contributed by atoms with Gasteiger partial charge in [0.15, 0.2) is 5.82 Å². The van der Waals surface area contributed by atoms with Crippen LogP contribution in [0.15, 0.2) is 6.33 Å². The summed E-state index contributed by atoms with van der Waals surface area (Å²) in [4.78, 5) is 33.4. The van der Waals surface area contributed by atoms with Crippen molar-refractivity contribution in [3.63, 3.8) is 0 Å². The van der Waals surface area contributed by atoms with Gasteiger partial charge < -0.3 is 26.0 Å². The summed E-state index contributed by atoms with van der Waals surface area (Å²) in [7, 11) is 1.72. The van der Waals surface area contributed by atoms with Crippen molar-refractivity contribution in [3.8, 4) is 0 Å². The van der Waals surface area contributed by atoms with E-state index in [1.54, 1.807) is 18.5 Å². The molecule has 0 fully saturated rings. The Morgan fingerprint density at radius 1 is 1.43 bits per heavy atom. The van der Waals surface area contributed by atoms with Crippen molar-refractivity contribution < 1.29 is 19.5 Å². The number of hydrogen-bond acceptors (Lipinski definition) is 5. The molecule has 3 amide bonds. The van der Waals surface area contributed by atoms with E-state index in [0.29, 0.717) is 5.82 Å². The van der Waals surface area contributed by atoms with Crippen molar-refractivity contribution >= 4 is 17.9 Å². The van der Waals surface area contributed by atoms with Crippen molar-refractivity contribution in [1.29, 1.82) is 0 Å². The number of aryl methyl sites for hydroxylation is 1. The lowest BCUT2D eigenvalue weighted by Crippen LogP contribution is -2.47. The van der Waals surface area contributed by atoms with Crippen molar-refractivity contribution in [2.45, 2.75) is 31.8 Å². The van der Waals surface area contributed by atoms with Crippen LogP contribution in [0.3, 0.4) is 0 Å². The predicted molar refractivity (Wildman–Crippen MR) is 70.9 cm³/mol. The zero-order valence-corrected chi connectivity index (χ0v) is 11.7. The summed E-state index contributed by atoms with van der Waals surface area (Å²) in [6, 6.07) is -2.32. The molecular formula is C11H18N6O4. The van der Waals surface area contributed by atoms with Gasteiger partial charge in [-0.3, -0.25) is 4.79 Å². The Labute approximate surface area is 120 Å². The summed E-state index contributed by atoms with van der Waals surface area (Å²) >= 11 is 0. The molecular weight excluding hydrogens is 280 g/mol. The van der Waals surface area contributed by atoms with Crippen LogP contribution in [0.2, 0.25) is 0 Å². The second-order valence-electron chi connectivity index (χ2n) is 4.54. The van der Waals surface area contributed by atoms with E-state index >= 15 is 0 Å². The van der Waals surface area contributed by atoms with E-state index in [1.807, 2.05) is 0 Å².